The number of para-hydroxylation sites is 1. The lowest BCUT2D eigenvalue weighted by molar-refractivity contribution is -0.147. The Bertz CT molecular complexity index is 691. The van der Waals surface area contributed by atoms with Crippen molar-refractivity contribution in [1.29, 1.82) is 0 Å². The number of nitrogens with zero attached hydrogens (tertiary/aromatic N) is 1. The van der Waals surface area contributed by atoms with Crippen molar-refractivity contribution in [3.8, 4) is 5.75 Å². The van der Waals surface area contributed by atoms with Gasteiger partial charge < -0.3 is 20.1 Å². The van der Waals surface area contributed by atoms with Gasteiger partial charge in [-0.05, 0) is 32.8 Å². The Hall–Kier alpha value is -2.57. The maximum atomic E-state index is 13.0. The van der Waals surface area contributed by atoms with E-state index in [1.165, 1.54) is 6.92 Å². The second-order valence-electron chi connectivity index (χ2n) is 6.94. The summed E-state index contributed by atoms with van der Waals surface area (Å²) < 4.78 is 5.64. The summed E-state index contributed by atoms with van der Waals surface area (Å²) in [7, 11) is 0. The second-order valence-corrected chi connectivity index (χ2v) is 6.94. The van der Waals surface area contributed by atoms with E-state index in [9.17, 15) is 19.5 Å². The first-order valence-electron chi connectivity index (χ1n) is 9.34. The molecule has 0 aliphatic carbocycles. The lowest BCUT2D eigenvalue weighted by Gasteiger charge is -2.37. The maximum Gasteiger partial charge on any atom is 0.308 e. The van der Waals surface area contributed by atoms with Crippen molar-refractivity contribution in [1.82, 2.24) is 10.2 Å². The van der Waals surface area contributed by atoms with Crippen LogP contribution in [0.4, 0.5) is 0 Å². The molecule has 0 saturated carbocycles. The van der Waals surface area contributed by atoms with Gasteiger partial charge in [-0.15, -0.1) is 0 Å². The molecule has 0 aromatic heterocycles. The largest absolute Gasteiger partial charge is 0.494 e. The third kappa shape index (κ3) is 5.45. The van der Waals surface area contributed by atoms with Crippen LogP contribution in [0, 0.1) is 5.92 Å². The van der Waals surface area contributed by atoms with Crippen LogP contribution in [0.5, 0.6) is 5.75 Å². The van der Waals surface area contributed by atoms with E-state index < -0.39 is 17.9 Å². The molecule has 1 aromatic carbocycles. The molecule has 2 rings (SSSR count). The van der Waals surface area contributed by atoms with Gasteiger partial charge in [-0.2, -0.15) is 0 Å². The monoisotopic (exact) mass is 376 g/mol. The van der Waals surface area contributed by atoms with Crippen molar-refractivity contribution in [2.24, 2.45) is 5.92 Å². The van der Waals surface area contributed by atoms with Gasteiger partial charge in [0.25, 0.3) is 0 Å². The Morgan fingerprint density at radius 2 is 2.00 bits per heavy atom. The van der Waals surface area contributed by atoms with Gasteiger partial charge in [0.1, 0.15) is 5.75 Å². The predicted molar refractivity (Wildman–Crippen MR) is 100 cm³/mol. The van der Waals surface area contributed by atoms with Crippen LogP contribution < -0.4 is 10.1 Å². The van der Waals surface area contributed by atoms with Crippen LogP contribution in [0.15, 0.2) is 24.3 Å². The van der Waals surface area contributed by atoms with Crippen LogP contribution in [-0.4, -0.2) is 47.0 Å². The number of piperidine rings is 1. The van der Waals surface area contributed by atoms with Crippen LogP contribution in [0.1, 0.15) is 51.6 Å². The molecular formula is C20H28N2O5. The van der Waals surface area contributed by atoms with E-state index in [0.717, 1.165) is 5.56 Å². The molecule has 1 aromatic rings. The van der Waals surface area contributed by atoms with Gasteiger partial charge in [-0.3, -0.25) is 14.4 Å². The second kappa shape index (κ2) is 9.39. The molecule has 3 atom stereocenters. The fourth-order valence-electron chi connectivity index (χ4n) is 3.49. The van der Waals surface area contributed by atoms with Crippen molar-refractivity contribution in [3.05, 3.63) is 29.8 Å². The molecule has 0 spiro atoms. The number of likely N-dealkylation sites (tertiary alicyclic amines) is 1. The fourth-order valence-corrected chi connectivity index (χ4v) is 3.49. The number of carboxylic acid groups (broad SMARTS) is 1. The molecule has 2 amide bonds. The van der Waals surface area contributed by atoms with Gasteiger partial charge in [0.15, 0.2) is 0 Å². The number of benzene rings is 1. The highest BCUT2D eigenvalue weighted by Crippen LogP contribution is 2.30. The number of nitrogens with one attached hydrogen (secondary N) is 1. The number of ether oxygens (including phenoxy) is 1. The summed E-state index contributed by atoms with van der Waals surface area (Å²) in [5, 5.41) is 12.1. The topological polar surface area (TPSA) is 95.9 Å². The lowest BCUT2D eigenvalue weighted by Crippen LogP contribution is -2.48. The molecule has 1 aliphatic heterocycles. The Morgan fingerprint density at radius 3 is 2.63 bits per heavy atom. The van der Waals surface area contributed by atoms with Crippen molar-refractivity contribution in [3.63, 3.8) is 0 Å². The van der Waals surface area contributed by atoms with Crippen molar-refractivity contribution in [2.75, 3.05) is 13.2 Å². The zero-order valence-corrected chi connectivity index (χ0v) is 16.1. The zero-order valence-electron chi connectivity index (χ0n) is 16.1. The van der Waals surface area contributed by atoms with E-state index >= 15 is 0 Å². The molecule has 7 heteroatoms. The van der Waals surface area contributed by atoms with E-state index in [-0.39, 0.29) is 30.8 Å². The molecule has 0 radical (unpaired) electrons. The minimum absolute atomic E-state index is 0.0202. The third-order valence-electron chi connectivity index (χ3n) is 4.90. The zero-order chi connectivity index (χ0) is 20.0. The van der Waals surface area contributed by atoms with Gasteiger partial charge in [-0.25, -0.2) is 0 Å². The highest BCUT2D eigenvalue weighted by molar-refractivity contribution is 5.80. The third-order valence-corrected chi connectivity index (χ3v) is 4.90. The minimum Gasteiger partial charge on any atom is -0.494 e. The normalized spacial score (nSPS) is 20.6. The average molecular weight is 376 g/mol. The highest BCUT2D eigenvalue weighted by Gasteiger charge is 2.34. The first kappa shape index (κ1) is 20.7. The fraction of sp³-hybridized carbons (Fsp3) is 0.550. The summed E-state index contributed by atoms with van der Waals surface area (Å²) >= 11 is 0. The molecule has 2 N–H and O–H groups in total. The average Bonchev–Trinajstić information content (AvgIpc) is 2.61. The Labute approximate surface area is 159 Å². The van der Waals surface area contributed by atoms with Gasteiger partial charge in [-0.1, -0.05) is 18.2 Å². The van der Waals surface area contributed by atoms with E-state index in [1.807, 2.05) is 38.1 Å². The van der Waals surface area contributed by atoms with E-state index in [2.05, 4.69) is 5.32 Å². The number of carboxylic acids is 1. The van der Waals surface area contributed by atoms with Gasteiger partial charge in [0.05, 0.1) is 25.0 Å². The lowest BCUT2D eigenvalue weighted by atomic mass is 9.92. The number of rotatable bonds is 7. The molecule has 3 unspecified atom stereocenters. The standard InChI is InChI=1S/C20H28N2O5/c1-4-27-18-8-6-5-7-16(18)17(21-14(3)23)11-19(24)22-12-15(20(25)26)10-9-13(22)2/h5-8,13,15,17H,4,9-12H2,1-3H3,(H,21,23)(H,25,26). The summed E-state index contributed by atoms with van der Waals surface area (Å²) in [6, 6.07) is 6.76. The number of carbonyl (C=O) groups excluding carboxylic acids is 2. The molecule has 1 saturated heterocycles. The van der Waals surface area contributed by atoms with Crippen LogP contribution >= 0.6 is 0 Å². The highest BCUT2D eigenvalue weighted by atomic mass is 16.5. The van der Waals surface area contributed by atoms with Crippen LogP contribution in [-0.2, 0) is 14.4 Å². The Balaban J connectivity index is 2.21. The number of amides is 2. The minimum atomic E-state index is -0.875. The smallest absolute Gasteiger partial charge is 0.308 e. The molecular weight excluding hydrogens is 348 g/mol. The number of hydrogen-bond donors (Lipinski definition) is 2. The SMILES string of the molecule is CCOc1ccccc1C(CC(=O)N1CC(C(=O)O)CCC1C)NC(C)=O. The molecule has 148 valence electrons. The molecule has 1 aliphatic rings. The number of carbonyl (C=O) groups is 3. The summed E-state index contributed by atoms with van der Waals surface area (Å²) in [5.74, 6) is -1.20. The quantitative estimate of drug-likeness (QED) is 0.762. The van der Waals surface area contributed by atoms with Gasteiger partial charge in [0.2, 0.25) is 11.8 Å². The first-order chi connectivity index (χ1) is 12.8. The van der Waals surface area contributed by atoms with Gasteiger partial charge >= 0.3 is 5.97 Å². The molecule has 7 nitrogen and oxygen atoms in total. The molecule has 1 heterocycles. The van der Waals surface area contributed by atoms with Crippen LogP contribution in [0.25, 0.3) is 0 Å². The summed E-state index contributed by atoms with van der Waals surface area (Å²) in [5.41, 5.74) is 0.738. The number of aliphatic carboxylic acids is 1. The van der Waals surface area contributed by atoms with Crippen molar-refractivity contribution in [2.45, 2.75) is 52.1 Å². The molecule has 1 fully saturated rings. The summed E-state index contributed by atoms with van der Waals surface area (Å²) in [4.78, 5) is 37.6. The summed E-state index contributed by atoms with van der Waals surface area (Å²) in [6.45, 7) is 5.88. The van der Waals surface area contributed by atoms with E-state index in [1.54, 1.807) is 4.90 Å². The number of hydrogen-bond acceptors (Lipinski definition) is 4. The van der Waals surface area contributed by atoms with Crippen LogP contribution in [0.2, 0.25) is 0 Å². The van der Waals surface area contributed by atoms with Crippen molar-refractivity contribution >= 4 is 17.8 Å². The van der Waals surface area contributed by atoms with Crippen LogP contribution in [0.3, 0.4) is 0 Å². The van der Waals surface area contributed by atoms with E-state index in [4.69, 9.17) is 4.74 Å². The Kier molecular flexibility index (Phi) is 7.21. The van der Waals surface area contributed by atoms with Gasteiger partial charge in [0, 0.05) is 25.1 Å². The summed E-state index contributed by atoms with van der Waals surface area (Å²) in [6.07, 6.45) is 1.28. The first-order valence-corrected chi connectivity index (χ1v) is 9.34. The Morgan fingerprint density at radius 1 is 1.30 bits per heavy atom. The molecule has 0 bridgehead atoms. The predicted octanol–water partition coefficient (Wildman–Crippen LogP) is 2.36. The van der Waals surface area contributed by atoms with Crippen molar-refractivity contribution < 1.29 is 24.2 Å². The maximum absolute atomic E-state index is 13.0. The molecule has 27 heavy (non-hydrogen) atoms. The van der Waals surface area contributed by atoms with E-state index in [0.29, 0.717) is 25.2 Å².